The Morgan fingerprint density at radius 1 is 1.32 bits per heavy atom. The van der Waals surface area contributed by atoms with E-state index in [1.807, 2.05) is 0 Å². The average Bonchev–Trinajstić information content (AvgIpc) is 3.21. The molecule has 4 rings (SSSR count). The molecule has 1 aliphatic heterocycles. The zero-order valence-corrected chi connectivity index (χ0v) is 15.9. The lowest BCUT2D eigenvalue weighted by molar-refractivity contribution is -0.137. The molecule has 2 aromatic heterocycles. The summed E-state index contributed by atoms with van der Waals surface area (Å²) in [6.45, 7) is 4.05. The van der Waals surface area contributed by atoms with Gasteiger partial charge in [0, 0.05) is 17.8 Å². The fourth-order valence-corrected chi connectivity index (χ4v) is 3.31. The largest absolute Gasteiger partial charge is 0.506 e. The number of halogens is 3. The lowest BCUT2D eigenvalue weighted by Gasteiger charge is -2.31. The molecule has 8 nitrogen and oxygen atoms in total. The van der Waals surface area contributed by atoms with Crippen LogP contribution >= 0.6 is 0 Å². The fourth-order valence-electron chi connectivity index (χ4n) is 3.31. The zero-order chi connectivity index (χ0) is 22.2. The van der Waals surface area contributed by atoms with E-state index in [-0.39, 0.29) is 24.0 Å². The van der Waals surface area contributed by atoms with E-state index in [9.17, 15) is 18.3 Å². The number of benzene rings is 1. The lowest BCUT2D eigenvalue weighted by Crippen LogP contribution is -2.32. The van der Waals surface area contributed by atoms with E-state index < -0.39 is 17.3 Å². The van der Waals surface area contributed by atoms with Gasteiger partial charge in [-0.2, -0.15) is 23.4 Å². The van der Waals surface area contributed by atoms with Gasteiger partial charge in [-0.1, -0.05) is 6.58 Å². The first-order valence-corrected chi connectivity index (χ1v) is 9.06. The quantitative estimate of drug-likeness (QED) is 0.595. The van der Waals surface area contributed by atoms with Gasteiger partial charge in [0.2, 0.25) is 0 Å². The molecule has 0 atom stereocenters. The van der Waals surface area contributed by atoms with Gasteiger partial charge in [-0.15, -0.1) is 0 Å². The third-order valence-electron chi connectivity index (χ3n) is 4.83. The van der Waals surface area contributed by atoms with Crippen molar-refractivity contribution in [3.05, 3.63) is 65.4 Å². The smallest absolute Gasteiger partial charge is 0.417 e. The number of hydrogen-bond donors (Lipinski definition) is 2. The molecule has 3 heterocycles. The first kappa shape index (κ1) is 20.2. The molecular weight excluding hydrogens is 413 g/mol. The molecule has 0 radical (unpaired) electrons. The number of nitrogens with one attached hydrogen (secondary N) is 1. The molecule has 1 aliphatic rings. The predicted molar refractivity (Wildman–Crippen MR) is 104 cm³/mol. The number of anilines is 3. The highest BCUT2D eigenvalue weighted by Gasteiger charge is 2.34. The van der Waals surface area contributed by atoms with E-state index in [1.165, 1.54) is 24.7 Å². The number of nitriles is 1. The highest BCUT2D eigenvalue weighted by atomic mass is 19.4. The van der Waals surface area contributed by atoms with E-state index in [0.717, 1.165) is 11.6 Å². The van der Waals surface area contributed by atoms with Crippen LogP contribution in [0.5, 0.6) is 0 Å². The number of alkyl halides is 3. The van der Waals surface area contributed by atoms with Crippen LogP contribution in [-0.2, 0) is 19.1 Å². The van der Waals surface area contributed by atoms with Gasteiger partial charge in [-0.3, -0.25) is 5.32 Å². The van der Waals surface area contributed by atoms with Gasteiger partial charge >= 0.3 is 12.2 Å². The minimum atomic E-state index is -4.62. The third kappa shape index (κ3) is 4.00. The Bertz CT molecular complexity index is 1200. The number of aliphatic hydroxyl groups is 1. The van der Waals surface area contributed by atoms with Crippen LogP contribution in [0.1, 0.15) is 28.1 Å². The van der Waals surface area contributed by atoms with Crippen LogP contribution in [0.3, 0.4) is 0 Å². The van der Waals surface area contributed by atoms with Crippen molar-refractivity contribution in [3.63, 3.8) is 0 Å². The topological polar surface area (TPSA) is 111 Å². The van der Waals surface area contributed by atoms with Crippen LogP contribution in [-0.4, -0.2) is 26.6 Å². The minimum absolute atomic E-state index is 0.107. The summed E-state index contributed by atoms with van der Waals surface area (Å²) in [5, 5.41) is 21.3. The third-order valence-corrected chi connectivity index (χ3v) is 4.83. The van der Waals surface area contributed by atoms with Crippen molar-refractivity contribution in [2.75, 3.05) is 16.8 Å². The highest BCUT2D eigenvalue weighted by Crippen LogP contribution is 2.36. The van der Waals surface area contributed by atoms with E-state index in [0.29, 0.717) is 30.2 Å². The molecule has 0 saturated carbocycles. The molecule has 0 aliphatic carbocycles. The van der Waals surface area contributed by atoms with Crippen LogP contribution in [0.25, 0.3) is 5.76 Å². The summed E-state index contributed by atoms with van der Waals surface area (Å²) in [7, 11) is 0. The predicted octanol–water partition coefficient (Wildman–Crippen LogP) is 4.19. The Morgan fingerprint density at radius 3 is 2.81 bits per heavy atom. The van der Waals surface area contributed by atoms with Crippen LogP contribution in [0, 0.1) is 11.3 Å². The summed E-state index contributed by atoms with van der Waals surface area (Å²) >= 11 is 0. The van der Waals surface area contributed by atoms with E-state index in [4.69, 9.17) is 9.68 Å². The Labute approximate surface area is 174 Å². The van der Waals surface area contributed by atoms with Crippen molar-refractivity contribution < 1.29 is 22.7 Å². The summed E-state index contributed by atoms with van der Waals surface area (Å²) in [6.07, 6.45) is -1.59. The summed E-state index contributed by atoms with van der Waals surface area (Å²) in [5.41, 5.74) is 0.569. The molecule has 0 unspecified atom stereocenters. The molecule has 3 aromatic rings. The van der Waals surface area contributed by atoms with Gasteiger partial charge in [-0.25, -0.2) is 9.97 Å². The van der Waals surface area contributed by atoms with Gasteiger partial charge in [0.1, 0.15) is 29.9 Å². The van der Waals surface area contributed by atoms with E-state index in [1.54, 1.807) is 11.0 Å². The second kappa shape index (κ2) is 7.64. The second-order valence-corrected chi connectivity index (χ2v) is 6.77. The molecule has 1 aromatic carbocycles. The summed E-state index contributed by atoms with van der Waals surface area (Å²) in [6, 6.07) is 5.35. The first-order valence-electron chi connectivity index (χ1n) is 9.06. The lowest BCUT2D eigenvalue weighted by atomic mass is 10.0. The van der Waals surface area contributed by atoms with E-state index >= 15 is 0 Å². The summed E-state index contributed by atoms with van der Waals surface area (Å²) in [5.74, 6) is 0.218. The van der Waals surface area contributed by atoms with Gasteiger partial charge in [-0.05, 0) is 24.6 Å². The second-order valence-electron chi connectivity index (χ2n) is 6.77. The number of fused-ring (bicyclic) bond motifs is 1. The molecule has 0 fully saturated rings. The monoisotopic (exact) mass is 428 g/mol. The van der Waals surface area contributed by atoms with Crippen molar-refractivity contribution in [2.45, 2.75) is 19.1 Å². The van der Waals surface area contributed by atoms with Crippen molar-refractivity contribution in [3.8, 4) is 6.07 Å². The zero-order valence-electron chi connectivity index (χ0n) is 15.9. The number of aromatic nitrogens is 3. The highest BCUT2D eigenvalue weighted by molar-refractivity contribution is 5.60. The molecule has 0 saturated heterocycles. The molecular formula is C20H15F3N6O2. The van der Waals surface area contributed by atoms with E-state index in [2.05, 4.69) is 26.8 Å². The van der Waals surface area contributed by atoms with Gasteiger partial charge in [0.15, 0.2) is 0 Å². The maximum absolute atomic E-state index is 13.3. The van der Waals surface area contributed by atoms with Gasteiger partial charge < -0.3 is 14.4 Å². The van der Waals surface area contributed by atoms with Crippen LogP contribution in [0.15, 0.2) is 41.8 Å². The van der Waals surface area contributed by atoms with Crippen LogP contribution in [0.2, 0.25) is 0 Å². The Balaban J connectivity index is 1.59. The maximum Gasteiger partial charge on any atom is 0.417 e. The summed E-state index contributed by atoms with van der Waals surface area (Å²) < 4.78 is 45.1. The molecule has 2 N–H and O–H groups in total. The van der Waals surface area contributed by atoms with Crippen LogP contribution < -0.4 is 10.2 Å². The molecule has 31 heavy (non-hydrogen) atoms. The molecule has 0 spiro atoms. The van der Waals surface area contributed by atoms with Crippen LogP contribution in [0.4, 0.5) is 30.7 Å². The Hall–Kier alpha value is -4.07. The molecule has 0 bridgehead atoms. The number of nitrogens with zero attached hydrogens (tertiary/aromatic N) is 5. The number of hydrogen-bond acceptors (Lipinski definition) is 8. The Morgan fingerprint density at radius 2 is 2.13 bits per heavy atom. The fraction of sp³-hybridized carbons (Fsp3) is 0.200. The first-order chi connectivity index (χ1) is 14.8. The normalized spacial score (nSPS) is 13.4. The van der Waals surface area contributed by atoms with Gasteiger partial charge in [0.05, 0.1) is 29.4 Å². The minimum Gasteiger partial charge on any atom is -0.506 e. The SMILES string of the molecule is C=C(O)c1coc(Nc2ncnc3c2CCN(c2ccc(C#N)c(C(F)(F)F)c2)C3)n1. The maximum atomic E-state index is 13.3. The molecule has 0 amide bonds. The number of rotatable bonds is 4. The van der Waals surface area contributed by atoms with Crippen molar-refractivity contribution in [1.82, 2.24) is 15.0 Å². The molecule has 158 valence electrons. The standard InChI is InChI=1S/C20H15F3N6O2/c1-11(30)17-9-31-19(27-17)28-18-14-4-5-29(8-16(14)25-10-26-18)13-3-2-12(7-24)15(6-13)20(21,22)23/h2-3,6,9-10,30H,1,4-5,8H2,(H,25,26,27,28). The summed E-state index contributed by atoms with van der Waals surface area (Å²) in [4.78, 5) is 14.3. The Kier molecular flexibility index (Phi) is 4.98. The molecule has 11 heteroatoms. The van der Waals surface area contributed by atoms with Crippen molar-refractivity contribution in [1.29, 1.82) is 5.26 Å². The number of aliphatic hydroxyl groups excluding tert-OH is 1. The average molecular weight is 428 g/mol. The van der Waals surface area contributed by atoms with Crippen molar-refractivity contribution >= 4 is 23.3 Å². The number of oxazole rings is 1. The van der Waals surface area contributed by atoms with Crippen molar-refractivity contribution in [2.24, 2.45) is 0 Å². The van der Waals surface area contributed by atoms with Gasteiger partial charge in [0.25, 0.3) is 0 Å².